The number of hydrogen-bond acceptors (Lipinski definition) is 8. The summed E-state index contributed by atoms with van der Waals surface area (Å²) in [6, 6.07) is 12.0. The molecule has 12 heteroatoms. The molecule has 12 nitrogen and oxygen atoms in total. The van der Waals surface area contributed by atoms with Crippen LogP contribution < -0.4 is 22.5 Å². The summed E-state index contributed by atoms with van der Waals surface area (Å²) in [6.45, 7) is 4.67. The van der Waals surface area contributed by atoms with E-state index in [0.29, 0.717) is 55.7 Å². The molecule has 0 bridgehead atoms. The van der Waals surface area contributed by atoms with Gasteiger partial charge in [0.1, 0.15) is 6.04 Å². The number of amides is 3. The number of nitrogens with zero attached hydrogens (tertiary/aromatic N) is 4. The van der Waals surface area contributed by atoms with E-state index >= 15 is 0 Å². The Bertz CT molecular complexity index is 1620. The number of aromatic nitrogens is 2. The van der Waals surface area contributed by atoms with Gasteiger partial charge in [0.2, 0.25) is 17.7 Å². The highest BCUT2D eigenvalue weighted by molar-refractivity contribution is 5.94. The minimum Gasteiger partial charge on any atom is -0.366 e. The van der Waals surface area contributed by atoms with Crippen LogP contribution in [0.5, 0.6) is 0 Å². The Labute approximate surface area is 248 Å². The molecule has 2 aromatic carbocycles. The van der Waals surface area contributed by atoms with E-state index in [1.165, 1.54) is 4.74 Å². The van der Waals surface area contributed by atoms with Crippen molar-refractivity contribution in [2.75, 3.05) is 19.6 Å². The van der Waals surface area contributed by atoms with E-state index in [1.54, 1.807) is 29.2 Å². The molecule has 2 heterocycles. The molecule has 1 aromatic heterocycles. The first kappa shape index (κ1) is 29.7. The number of nitrogens with one attached hydrogen (secondary N) is 1. The van der Waals surface area contributed by atoms with Crippen LogP contribution in [0.15, 0.2) is 45.7 Å². The van der Waals surface area contributed by atoms with Gasteiger partial charge in [-0.3, -0.25) is 14.4 Å². The van der Waals surface area contributed by atoms with Crippen LogP contribution >= 0.6 is 0 Å². The average molecular weight is 586 g/mol. The van der Waals surface area contributed by atoms with E-state index in [0.717, 1.165) is 28.7 Å². The second-order valence-corrected chi connectivity index (χ2v) is 11.4. The molecule has 1 saturated heterocycles. The van der Waals surface area contributed by atoms with Crippen LogP contribution in [0.25, 0.3) is 0 Å². The van der Waals surface area contributed by atoms with Gasteiger partial charge in [-0.15, -0.1) is 0 Å². The highest BCUT2D eigenvalue weighted by Crippen LogP contribution is 2.47. The Kier molecular flexibility index (Phi) is 8.19. The monoisotopic (exact) mass is 585 g/mol. The lowest BCUT2D eigenvalue weighted by atomic mass is 9.69. The summed E-state index contributed by atoms with van der Waals surface area (Å²) in [5.41, 5.74) is 14.2. The summed E-state index contributed by atoms with van der Waals surface area (Å²) in [6.07, 6.45) is 2.84. The molecule has 0 radical (unpaired) electrons. The maximum absolute atomic E-state index is 13.0. The number of benzene rings is 2. The zero-order valence-electron chi connectivity index (χ0n) is 24.3. The van der Waals surface area contributed by atoms with Crippen molar-refractivity contribution in [2.24, 2.45) is 11.5 Å². The van der Waals surface area contributed by atoms with Gasteiger partial charge in [-0.2, -0.15) is 15.0 Å². The number of carbonyl (C=O) groups excluding carboxylic acids is 3. The summed E-state index contributed by atoms with van der Waals surface area (Å²) in [4.78, 5) is 56.0. The lowest BCUT2D eigenvalue weighted by Gasteiger charge is -2.36. The van der Waals surface area contributed by atoms with Crippen molar-refractivity contribution >= 4 is 17.7 Å². The highest BCUT2D eigenvalue weighted by Gasteiger charge is 2.46. The number of primary amides is 2. The molecule has 1 atom stereocenters. The van der Waals surface area contributed by atoms with Gasteiger partial charge in [0.05, 0.1) is 24.1 Å². The normalized spacial score (nSPS) is 17.2. The van der Waals surface area contributed by atoms with Crippen molar-refractivity contribution in [3.63, 3.8) is 0 Å². The lowest BCUT2D eigenvalue weighted by Crippen LogP contribution is -2.42. The van der Waals surface area contributed by atoms with Gasteiger partial charge in [-0.1, -0.05) is 12.1 Å². The first-order chi connectivity index (χ1) is 20.6. The van der Waals surface area contributed by atoms with E-state index in [1.807, 2.05) is 26.0 Å². The quantitative estimate of drug-likeness (QED) is 0.315. The van der Waals surface area contributed by atoms with E-state index in [9.17, 15) is 24.4 Å². The number of hydrogen-bond donors (Lipinski definition) is 3. The molecule has 5 rings (SSSR count). The highest BCUT2D eigenvalue weighted by atomic mass is 16.5. The van der Waals surface area contributed by atoms with Gasteiger partial charge in [0.15, 0.2) is 5.82 Å². The summed E-state index contributed by atoms with van der Waals surface area (Å²) in [7, 11) is 0. The third-order valence-corrected chi connectivity index (χ3v) is 8.47. The van der Waals surface area contributed by atoms with E-state index in [4.69, 9.17) is 16.0 Å². The Hall–Kier alpha value is -4.76. The standard InChI is InChI=1S/C31H35N7O5/c1-18(2)38-29(36-30(42)43-38)31(11-12-35-17-26(39)37-13-3-4-23(37)16-32)24-9-7-21(27(33)40)14-19(24)5-6-20-15-22(28(34)41)8-10-25(20)31/h7-10,14-15,18,23,35H,3-6,11-13,17H2,1-2H3,(H2,33,40)(H2,34,41). The van der Waals surface area contributed by atoms with E-state index in [2.05, 4.69) is 16.4 Å². The summed E-state index contributed by atoms with van der Waals surface area (Å²) >= 11 is 0. The molecule has 1 unspecified atom stereocenters. The van der Waals surface area contributed by atoms with Gasteiger partial charge < -0.3 is 26.2 Å². The van der Waals surface area contributed by atoms with Gasteiger partial charge in [-0.25, -0.2) is 4.79 Å². The van der Waals surface area contributed by atoms with Crippen molar-refractivity contribution in [3.8, 4) is 6.07 Å². The molecule has 224 valence electrons. The minimum absolute atomic E-state index is 0.0327. The number of nitrogens with two attached hydrogens (primary N) is 2. The van der Waals surface area contributed by atoms with Crippen LogP contribution in [0.4, 0.5) is 0 Å². The molecule has 2 aliphatic rings. The fourth-order valence-electron chi connectivity index (χ4n) is 6.47. The molecule has 43 heavy (non-hydrogen) atoms. The molecule has 0 saturated carbocycles. The average Bonchev–Trinajstić information content (AvgIpc) is 3.60. The minimum atomic E-state index is -1.08. The SMILES string of the molecule is CC(C)n1oc(=O)nc1C1(CCNCC(=O)N2CCCC2C#N)c2ccc(C(N)=O)cc2CCc2cc(C(N)=O)ccc21. The van der Waals surface area contributed by atoms with Gasteiger partial charge in [0.25, 0.3) is 0 Å². The van der Waals surface area contributed by atoms with Crippen molar-refractivity contribution in [1.82, 2.24) is 19.9 Å². The third-order valence-electron chi connectivity index (χ3n) is 8.47. The van der Waals surface area contributed by atoms with Crippen LogP contribution in [-0.4, -0.2) is 58.0 Å². The van der Waals surface area contributed by atoms with Crippen LogP contribution in [0, 0.1) is 11.3 Å². The first-order valence-corrected chi connectivity index (χ1v) is 14.4. The Morgan fingerprint density at radius 3 is 2.23 bits per heavy atom. The van der Waals surface area contributed by atoms with Crippen LogP contribution in [0.1, 0.15) is 87.9 Å². The molecule has 1 fully saturated rings. The maximum atomic E-state index is 13.0. The Balaban J connectivity index is 1.65. The van der Waals surface area contributed by atoms with Crippen molar-refractivity contribution < 1.29 is 18.9 Å². The Morgan fingerprint density at radius 2 is 1.70 bits per heavy atom. The van der Waals surface area contributed by atoms with Gasteiger partial charge in [0, 0.05) is 17.7 Å². The van der Waals surface area contributed by atoms with Gasteiger partial charge >= 0.3 is 5.76 Å². The molecule has 3 aromatic rings. The zero-order valence-corrected chi connectivity index (χ0v) is 24.3. The third kappa shape index (κ3) is 5.44. The second kappa shape index (κ2) is 11.9. The Morgan fingerprint density at radius 1 is 1.09 bits per heavy atom. The number of rotatable bonds is 9. The molecular weight excluding hydrogens is 550 g/mol. The van der Waals surface area contributed by atoms with Crippen molar-refractivity contribution in [2.45, 2.75) is 63.5 Å². The maximum Gasteiger partial charge on any atom is 0.459 e. The lowest BCUT2D eigenvalue weighted by molar-refractivity contribution is -0.130. The second-order valence-electron chi connectivity index (χ2n) is 11.4. The summed E-state index contributed by atoms with van der Waals surface area (Å²) in [5.74, 6) is -1.67. The molecule has 5 N–H and O–H groups in total. The zero-order chi connectivity index (χ0) is 30.9. The predicted octanol–water partition coefficient (Wildman–Crippen LogP) is 1.54. The molecule has 1 aliphatic heterocycles. The van der Waals surface area contributed by atoms with Crippen LogP contribution in [0.2, 0.25) is 0 Å². The number of nitriles is 1. The summed E-state index contributed by atoms with van der Waals surface area (Å²) < 4.78 is 7.07. The number of aryl methyl sites for hydroxylation is 2. The topological polar surface area (TPSA) is 190 Å². The first-order valence-electron chi connectivity index (χ1n) is 14.4. The van der Waals surface area contributed by atoms with E-state index < -0.39 is 29.0 Å². The predicted molar refractivity (Wildman–Crippen MR) is 156 cm³/mol. The number of fused-ring (bicyclic) bond motifs is 2. The fourth-order valence-corrected chi connectivity index (χ4v) is 6.47. The van der Waals surface area contributed by atoms with E-state index in [-0.39, 0.29) is 18.5 Å². The van der Waals surface area contributed by atoms with Crippen LogP contribution in [-0.2, 0) is 23.1 Å². The fraction of sp³-hybridized carbons (Fsp3) is 0.419. The molecule has 3 amide bonds. The number of carbonyl (C=O) groups is 3. The van der Waals surface area contributed by atoms with Crippen molar-refractivity contribution in [3.05, 3.63) is 86.2 Å². The number of likely N-dealkylation sites (tertiary alicyclic amines) is 1. The molecule has 0 spiro atoms. The molecule has 1 aliphatic carbocycles. The summed E-state index contributed by atoms with van der Waals surface area (Å²) in [5, 5.41) is 12.7. The largest absolute Gasteiger partial charge is 0.459 e. The van der Waals surface area contributed by atoms with Crippen molar-refractivity contribution in [1.29, 1.82) is 5.26 Å². The molecular formula is C31H35N7O5. The van der Waals surface area contributed by atoms with Gasteiger partial charge in [-0.05, 0) is 99.0 Å². The smallest absolute Gasteiger partial charge is 0.366 e. The van der Waals surface area contributed by atoms with Crippen LogP contribution in [0.3, 0.4) is 0 Å².